The molecule has 0 fully saturated rings. The Bertz CT molecular complexity index is 3200. The van der Waals surface area contributed by atoms with E-state index in [1.165, 1.54) is 75.0 Å². The van der Waals surface area contributed by atoms with Crippen LogP contribution in [0.1, 0.15) is 0 Å². The van der Waals surface area contributed by atoms with Crippen molar-refractivity contribution in [2.45, 2.75) is 0 Å². The van der Waals surface area contributed by atoms with Crippen LogP contribution in [0.4, 0.5) is 17.1 Å². The third-order valence-corrected chi connectivity index (χ3v) is 12.2. The number of anilines is 3. The highest BCUT2D eigenvalue weighted by atomic mass is 32.1. The lowest BCUT2D eigenvalue weighted by molar-refractivity contribution is 1.18. The Morgan fingerprint density at radius 3 is 1.93 bits per heavy atom. The molecule has 0 aliphatic carbocycles. The van der Waals surface area contributed by atoms with Gasteiger partial charge in [0.15, 0.2) is 0 Å². The third-order valence-electron chi connectivity index (χ3n) is 11.0. The largest absolute Gasteiger partial charge is 0.309 e. The number of para-hydroxylation sites is 2. The quantitative estimate of drug-likeness (QED) is 0.166. The number of hydrogen-bond donors (Lipinski definition) is 0. The summed E-state index contributed by atoms with van der Waals surface area (Å²) in [6.45, 7) is 0. The Morgan fingerprint density at radius 1 is 0.382 bits per heavy atom. The summed E-state index contributed by atoms with van der Waals surface area (Å²) < 4.78 is 4.97. The Hall–Kier alpha value is -6.94. The fourth-order valence-corrected chi connectivity index (χ4v) is 9.70. The van der Waals surface area contributed by atoms with Crippen molar-refractivity contribution >= 4 is 81.1 Å². The van der Waals surface area contributed by atoms with Crippen LogP contribution in [0.3, 0.4) is 0 Å². The Labute approximate surface area is 323 Å². The average Bonchev–Trinajstić information content (AvgIpc) is 3.80. The lowest BCUT2D eigenvalue weighted by Gasteiger charge is -2.29. The van der Waals surface area contributed by atoms with Crippen molar-refractivity contribution in [3.05, 3.63) is 206 Å². The van der Waals surface area contributed by atoms with Gasteiger partial charge in [0.25, 0.3) is 0 Å². The fraction of sp³-hybridized carbons (Fsp3) is 0. The summed E-state index contributed by atoms with van der Waals surface area (Å²) >= 11 is 1.87. The first-order valence-corrected chi connectivity index (χ1v) is 19.6. The van der Waals surface area contributed by atoms with Crippen molar-refractivity contribution in [2.75, 3.05) is 4.90 Å². The zero-order chi connectivity index (χ0) is 36.3. The van der Waals surface area contributed by atoms with E-state index >= 15 is 0 Å². The first-order valence-electron chi connectivity index (χ1n) is 18.8. The molecule has 0 aliphatic heterocycles. The molecule has 0 unspecified atom stereocenters. The minimum absolute atomic E-state index is 1.10. The summed E-state index contributed by atoms with van der Waals surface area (Å²) in [5.41, 5.74) is 11.7. The molecule has 258 valence electrons. The number of hydrogen-bond acceptors (Lipinski definition) is 2. The second kappa shape index (κ2) is 12.9. The van der Waals surface area contributed by atoms with E-state index < -0.39 is 0 Å². The summed E-state index contributed by atoms with van der Waals surface area (Å²) in [4.78, 5) is 2.50. The van der Waals surface area contributed by atoms with Crippen LogP contribution < -0.4 is 4.90 Å². The average molecular weight is 719 g/mol. The van der Waals surface area contributed by atoms with E-state index in [1.54, 1.807) is 0 Å². The molecule has 55 heavy (non-hydrogen) atoms. The number of nitrogens with zero attached hydrogens (tertiary/aromatic N) is 2. The SMILES string of the molecule is c1ccc(-c2cc(-c3cccc4ccccc34)ccc2N(c2ccc3c4ccccc4n(-c4ccccc4)c3c2)c2cccc3c2sc2ccccc23)cc1. The van der Waals surface area contributed by atoms with E-state index in [0.29, 0.717) is 0 Å². The van der Waals surface area contributed by atoms with E-state index in [9.17, 15) is 0 Å². The number of benzene rings is 9. The van der Waals surface area contributed by atoms with Gasteiger partial charge < -0.3 is 9.47 Å². The van der Waals surface area contributed by atoms with Crippen molar-refractivity contribution < 1.29 is 0 Å². The Morgan fingerprint density at radius 2 is 1.05 bits per heavy atom. The van der Waals surface area contributed by atoms with Crippen LogP contribution in [0.5, 0.6) is 0 Å². The fourth-order valence-electron chi connectivity index (χ4n) is 8.49. The van der Waals surface area contributed by atoms with Crippen molar-refractivity contribution in [1.82, 2.24) is 4.57 Å². The summed E-state index contributed by atoms with van der Waals surface area (Å²) in [5.74, 6) is 0. The highest BCUT2D eigenvalue weighted by Crippen LogP contribution is 2.49. The Balaban J connectivity index is 1.23. The van der Waals surface area contributed by atoms with Crippen LogP contribution in [-0.2, 0) is 0 Å². The molecular formula is C52H34N2S. The zero-order valence-corrected chi connectivity index (χ0v) is 30.7. The van der Waals surface area contributed by atoms with Gasteiger partial charge in [-0.25, -0.2) is 0 Å². The number of thiophene rings is 1. The first kappa shape index (κ1) is 31.6. The lowest BCUT2D eigenvalue weighted by atomic mass is 9.93. The van der Waals surface area contributed by atoms with Crippen molar-refractivity contribution in [3.8, 4) is 27.9 Å². The number of fused-ring (bicyclic) bond motifs is 7. The highest BCUT2D eigenvalue weighted by Gasteiger charge is 2.23. The zero-order valence-electron chi connectivity index (χ0n) is 29.9. The molecule has 0 spiro atoms. The van der Waals surface area contributed by atoms with Crippen LogP contribution in [0.15, 0.2) is 206 Å². The molecule has 2 aromatic heterocycles. The minimum Gasteiger partial charge on any atom is -0.309 e. The summed E-state index contributed by atoms with van der Waals surface area (Å²) in [6.07, 6.45) is 0. The minimum atomic E-state index is 1.10. The van der Waals surface area contributed by atoms with Crippen LogP contribution in [0, 0.1) is 0 Å². The predicted octanol–water partition coefficient (Wildman–Crippen LogP) is 15.1. The molecule has 0 N–H and O–H groups in total. The van der Waals surface area contributed by atoms with Gasteiger partial charge in [0.2, 0.25) is 0 Å². The third kappa shape index (κ3) is 5.16. The molecule has 0 radical (unpaired) electrons. The molecule has 9 aromatic carbocycles. The van der Waals surface area contributed by atoms with Gasteiger partial charge in [-0.15, -0.1) is 11.3 Å². The van der Waals surface area contributed by atoms with Crippen LogP contribution in [0.25, 0.3) is 80.7 Å². The van der Waals surface area contributed by atoms with E-state index in [1.807, 2.05) is 11.3 Å². The van der Waals surface area contributed by atoms with E-state index in [0.717, 1.165) is 22.7 Å². The van der Waals surface area contributed by atoms with Gasteiger partial charge in [0, 0.05) is 43.2 Å². The highest BCUT2D eigenvalue weighted by molar-refractivity contribution is 7.26. The van der Waals surface area contributed by atoms with E-state index in [4.69, 9.17) is 0 Å². The summed E-state index contributed by atoms with van der Waals surface area (Å²) in [6, 6.07) is 75.3. The lowest BCUT2D eigenvalue weighted by Crippen LogP contribution is -2.12. The molecule has 0 saturated carbocycles. The monoisotopic (exact) mass is 718 g/mol. The van der Waals surface area contributed by atoms with E-state index in [-0.39, 0.29) is 0 Å². The molecular weight excluding hydrogens is 685 g/mol. The topological polar surface area (TPSA) is 8.17 Å². The maximum atomic E-state index is 2.50. The number of rotatable bonds is 6. The Kier molecular flexibility index (Phi) is 7.39. The summed E-state index contributed by atoms with van der Waals surface area (Å²) in [5, 5.41) is 7.54. The van der Waals surface area contributed by atoms with Crippen molar-refractivity contribution in [3.63, 3.8) is 0 Å². The molecule has 11 aromatic rings. The molecule has 3 heteroatoms. The smallest absolute Gasteiger partial charge is 0.0640 e. The van der Waals surface area contributed by atoms with Gasteiger partial charge in [0.05, 0.1) is 27.1 Å². The maximum Gasteiger partial charge on any atom is 0.0640 e. The van der Waals surface area contributed by atoms with Gasteiger partial charge in [-0.3, -0.25) is 0 Å². The molecule has 0 atom stereocenters. The second-order valence-corrected chi connectivity index (χ2v) is 15.2. The second-order valence-electron chi connectivity index (χ2n) is 14.1. The standard InChI is InChI=1S/C52H34N2S/c1-3-15-36(16-4-1)46-33-37(41-24-13-18-35-17-7-8-21-40(35)41)29-32-48(46)54(49-27-14-25-45-44-23-10-12-28-51(44)55-52(45)49)39-30-31-43-42-22-9-11-26-47(42)53(50(43)34-39)38-19-5-2-6-20-38/h1-34H. The van der Waals surface area contributed by atoms with Gasteiger partial charge in [-0.2, -0.15) is 0 Å². The first-order chi connectivity index (χ1) is 27.3. The van der Waals surface area contributed by atoms with Gasteiger partial charge in [-0.1, -0.05) is 152 Å². The maximum absolute atomic E-state index is 2.50. The van der Waals surface area contributed by atoms with Gasteiger partial charge in [-0.05, 0) is 82.1 Å². The number of aromatic nitrogens is 1. The van der Waals surface area contributed by atoms with Crippen molar-refractivity contribution in [2.24, 2.45) is 0 Å². The van der Waals surface area contributed by atoms with Crippen LogP contribution >= 0.6 is 11.3 Å². The van der Waals surface area contributed by atoms with E-state index in [2.05, 4.69) is 216 Å². The van der Waals surface area contributed by atoms with Gasteiger partial charge in [0.1, 0.15) is 0 Å². The molecule has 2 heterocycles. The molecule has 0 saturated heterocycles. The van der Waals surface area contributed by atoms with Crippen LogP contribution in [-0.4, -0.2) is 4.57 Å². The molecule has 11 rings (SSSR count). The predicted molar refractivity (Wildman–Crippen MR) is 237 cm³/mol. The molecule has 0 amide bonds. The molecule has 0 aliphatic rings. The van der Waals surface area contributed by atoms with Crippen LogP contribution in [0.2, 0.25) is 0 Å². The normalized spacial score (nSPS) is 11.6. The molecule has 0 bridgehead atoms. The van der Waals surface area contributed by atoms with Crippen molar-refractivity contribution in [1.29, 1.82) is 0 Å². The summed E-state index contributed by atoms with van der Waals surface area (Å²) in [7, 11) is 0. The van der Waals surface area contributed by atoms with Gasteiger partial charge >= 0.3 is 0 Å². The molecule has 2 nitrogen and oxygen atoms in total.